The second kappa shape index (κ2) is 6.26. The molecule has 0 radical (unpaired) electrons. The molecule has 2 heterocycles. The molecule has 3 rings (SSSR count). The third-order valence-electron chi connectivity index (χ3n) is 4.70. The van der Waals surface area contributed by atoms with E-state index >= 15 is 0 Å². The van der Waals surface area contributed by atoms with Crippen LogP contribution < -0.4 is 0 Å². The molecule has 1 saturated heterocycles. The van der Waals surface area contributed by atoms with Gasteiger partial charge in [-0.1, -0.05) is 6.07 Å². The lowest BCUT2D eigenvalue weighted by Gasteiger charge is -2.36. The summed E-state index contributed by atoms with van der Waals surface area (Å²) in [5.41, 5.74) is 1.63. The van der Waals surface area contributed by atoms with Gasteiger partial charge in [0.15, 0.2) is 0 Å². The van der Waals surface area contributed by atoms with Crippen LogP contribution in [0.25, 0.3) is 10.9 Å². The first-order chi connectivity index (χ1) is 11.4. The second-order valence-corrected chi connectivity index (χ2v) is 6.31. The van der Waals surface area contributed by atoms with Gasteiger partial charge in [-0.15, -0.1) is 0 Å². The second-order valence-electron chi connectivity index (χ2n) is 6.31. The van der Waals surface area contributed by atoms with Crippen molar-refractivity contribution >= 4 is 22.8 Å². The smallest absolute Gasteiger partial charge is 0.335 e. The van der Waals surface area contributed by atoms with E-state index in [9.17, 15) is 14.7 Å². The largest absolute Gasteiger partial charge is 0.480 e. The van der Waals surface area contributed by atoms with Gasteiger partial charge < -0.3 is 19.7 Å². The van der Waals surface area contributed by atoms with Crippen molar-refractivity contribution in [1.82, 2.24) is 14.4 Å². The molecule has 24 heavy (non-hydrogen) atoms. The molecule has 7 heteroatoms. The molecule has 0 bridgehead atoms. The molecule has 2 N–H and O–H groups in total. The third kappa shape index (κ3) is 2.88. The van der Waals surface area contributed by atoms with E-state index < -0.39 is 18.0 Å². The summed E-state index contributed by atoms with van der Waals surface area (Å²) in [5, 5.41) is 19.7. The summed E-state index contributed by atoms with van der Waals surface area (Å²) < 4.78 is 1.79. The fraction of sp³-hybridized carbons (Fsp3) is 0.412. The summed E-state index contributed by atoms with van der Waals surface area (Å²) in [6.45, 7) is 3.05. The Kier molecular flexibility index (Phi) is 4.29. The highest BCUT2D eigenvalue weighted by molar-refractivity contribution is 5.96. The van der Waals surface area contributed by atoms with Crippen LogP contribution in [0.2, 0.25) is 0 Å². The van der Waals surface area contributed by atoms with Crippen molar-refractivity contribution in [3.05, 3.63) is 35.5 Å². The average molecular weight is 331 g/mol. The number of nitrogens with zero attached hydrogens (tertiary/aromatic N) is 3. The van der Waals surface area contributed by atoms with Gasteiger partial charge in [0.2, 0.25) is 0 Å². The standard InChI is InChI=1S/C17H21N3O4/c1-18-5-7-20(8-6-18)15(17(23)24)13-10-19(2)14-9-11(16(21)22)3-4-12(13)14/h3-4,9-10,15H,5-8H2,1-2H3,(H,21,22)(H,23,24)/t15-/m1/s1. The van der Waals surface area contributed by atoms with Crippen molar-refractivity contribution in [2.24, 2.45) is 7.05 Å². The molecule has 1 aromatic heterocycles. The molecule has 128 valence electrons. The van der Waals surface area contributed by atoms with E-state index in [0.717, 1.165) is 24.0 Å². The van der Waals surface area contributed by atoms with Crippen LogP contribution in [-0.2, 0) is 11.8 Å². The molecule has 0 aliphatic carbocycles. The highest BCUT2D eigenvalue weighted by atomic mass is 16.4. The van der Waals surface area contributed by atoms with Crippen molar-refractivity contribution in [2.75, 3.05) is 33.2 Å². The Morgan fingerprint density at radius 3 is 2.33 bits per heavy atom. The van der Waals surface area contributed by atoms with Crippen LogP contribution in [0.3, 0.4) is 0 Å². The lowest BCUT2D eigenvalue weighted by Crippen LogP contribution is -2.47. The Labute approximate surface area is 139 Å². The van der Waals surface area contributed by atoms with Crippen LogP contribution in [0.4, 0.5) is 0 Å². The molecule has 2 aromatic rings. The Bertz CT molecular complexity index is 790. The normalized spacial score (nSPS) is 17.9. The summed E-state index contributed by atoms with van der Waals surface area (Å²) in [4.78, 5) is 27.3. The topological polar surface area (TPSA) is 86.0 Å². The quantitative estimate of drug-likeness (QED) is 0.877. The number of aromatic carboxylic acids is 1. The predicted molar refractivity (Wildman–Crippen MR) is 89.3 cm³/mol. The summed E-state index contributed by atoms with van der Waals surface area (Å²) in [6.07, 6.45) is 1.80. The van der Waals surface area contributed by atoms with Crippen LogP contribution in [-0.4, -0.2) is 69.7 Å². The minimum absolute atomic E-state index is 0.196. The molecule has 0 saturated carbocycles. The van der Waals surface area contributed by atoms with E-state index in [1.807, 2.05) is 11.9 Å². The average Bonchev–Trinajstić information content (AvgIpc) is 2.85. The van der Waals surface area contributed by atoms with E-state index in [2.05, 4.69) is 4.90 Å². The first-order valence-electron chi connectivity index (χ1n) is 7.86. The summed E-state index contributed by atoms with van der Waals surface area (Å²) in [6, 6.07) is 4.10. The van der Waals surface area contributed by atoms with Gasteiger partial charge in [0.25, 0.3) is 0 Å². The predicted octanol–water partition coefficient (Wildman–Crippen LogP) is 1.25. The number of carbonyl (C=O) groups is 2. The number of hydrogen-bond donors (Lipinski definition) is 2. The molecule has 1 fully saturated rings. The Balaban J connectivity index is 2.05. The Morgan fingerprint density at radius 1 is 1.08 bits per heavy atom. The first-order valence-corrected chi connectivity index (χ1v) is 7.86. The number of aromatic nitrogens is 1. The lowest BCUT2D eigenvalue weighted by atomic mass is 10.0. The highest BCUT2D eigenvalue weighted by Crippen LogP contribution is 2.31. The molecule has 0 unspecified atom stereocenters. The zero-order chi connectivity index (χ0) is 17.4. The van der Waals surface area contributed by atoms with Gasteiger partial charge >= 0.3 is 11.9 Å². The minimum atomic E-state index is -0.992. The molecule has 1 aliphatic heterocycles. The highest BCUT2D eigenvalue weighted by Gasteiger charge is 2.32. The number of benzene rings is 1. The van der Waals surface area contributed by atoms with Crippen LogP contribution in [0.5, 0.6) is 0 Å². The summed E-state index contributed by atoms with van der Waals surface area (Å²) in [7, 11) is 3.83. The van der Waals surface area contributed by atoms with E-state index in [-0.39, 0.29) is 5.56 Å². The monoisotopic (exact) mass is 331 g/mol. The molecule has 1 aromatic carbocycles. The number of hydrogen-bond acceptors (Lipinski definition) is 4. The molecule has 0 spiro atoms. The van der Waals surface area contributed by atoms with E-state index in [1.54, 1.807) is 29.9 Å². The Morgan fingerprint density at radius 2 is 1.75 bits per heavy atom. The number of rotatable bonds is 4. The van der Waals surface area contributed by atoms with Crippen molar-refractivity contribution < 1.29 is 19.8 Å². The lowest BCUT2D eigenvalue weighted by molar-refractivity contribution is -0.144. The number of carboxylic acids is 2. The maximum absolute atomic E-state index is 12.0. The van der Waals surface area contributed by atoms with E-state index in [0.29, 0.717) is 18.7 Å². The molecule has 7 nitrogen and oxygen atoms in total. The van der Waals surface area contributed by atoms with Crippen LogP contribution in [0.15, 0.2) is 24.4 Å². The van der Waals surface area contributed by atoms with E-state index in [4.69, 9.17) is 5.11 Å². The molecular weight excluding hydrogens is 310 g/mol. The van der Waals surface area contributed by atoms with Crippen molar-refractivity contribution in [1.29, 1.82) is 0 Å². The number of aliphatic carboxylic acids is 1. The number of piperazine rings is 1. The van der Waals surface area contributed by atoms with Crippen molar-refractivity contribution in [3.63, 3.8) is 0 Å². The minimum Gasteiger partial charge on any atom is -0.480 e. The van der Waals surface area contributed by atoms with Crippen molar-refractivity contribution in [2.45, 2.75) is 6.04 Å². The molecule has 0 amide bonds. The third-order valence-corrected chi connectivity index (χ3v) is 4.70. The molecular formula is C17H21N3O4. The van der Waals surface area contributed by atoms with Gasteiger partial charge in [0, 0.05) is 55.9 Å². The maximum atomic E-state index is 12.0. The number of carboxylic acid groups (broad SMARTS) is 2. The van der Waals surface area contributed by atoms with Gasteiger partial charge in [-0.2, -0.15) is 0 Å². The zero-order valence-electron chi connectivity index (χ0n) is 13.8. The van der Waals surface area contributed by atoms with Gasteiger partial charge in [0.1, 0.15) is 6.04 Å². The maximum Gasteiger partial charge on any atom is 0.335 e. The van der Waals surface area contributed by atoms with E-state index in [1.165, 1.54) is 6.07 Å². The van der Waals surface area contributed by atoms with Gasteiger partial charge in [-0.3, -0.25) is 9.69 Å². The zero-order valence-corrected chi connectivity index (χ0v) is 13.8. The number of fused-ring (bicyclic) bond motifs is 1. The molecule has 1 aliphatic rings. The fourth-order valence-electron chi connectivity index (χ4n) is 3.33. The fourth-order valence-corrected chi connectivity index (χ4v) is 3.33. The van der Waals surface area contributed by atoms with Crippen LogP contribution >= 0.6 is 0 Å². The summed E-state index contributed by atoms with van der Waals surface area (Å²) >= 11 is 0. The van der Waals surface area contributed by atoms with Gasteiger partial charge in [0.05, 0.1) is 5.56 Å². The van der Waals surface area contributed by atoms with Gasteiger partial charge in [-0.25, -0.2) is 4.79 Å². The van der Waals surface area contributed by atoms with Crippen LogP contribution in [0, 0.1) is 0 Å². The number of likely N-dealkylation sites (N-methyl/N-ethyl adjacent to an activating group) is 1. The molecule has 1 atom stereocenters. The number of aryl methyl sites for hydroxylation is 1. The van der Waals surface area contributed by atoms with Gasteiger partial charge in [-0.05, 0) is 19.2 Å². The van der Waals surface area contributed by atoms with Crippen molar-refractivity contribution in [3.8, 4) is 0 Å². The van der Waals surface area contributed by atoms with Crippen LogP contribution in [0.1, 0.15) is 22.0 Å². The Hall–Kier alpha value is -2.38. The summed E-state index contributed by atoms with van der Waals surface area (Å²) in [5.74, 6) is -1.87. The SMILES string of the molecule is CN1CCN([C@@H](C(=O)O)c2cn(C)c3cc(C(=O)O)ccc23)CC1. The first kappa shape index (κ1) is 16.5.